The first-order valence-corrected chi connectivity index (χ1v) is 5.36. The maximum Gasteiger partial charge on any atom is 0.362 e. The Balaban J connectivity index is 2.13. The SMILES string of the molecule is CCc1cccc(OC(=O)c2ccncn2)c1. The highest BCUT2D eigenvalue weighted by Crippen LogP contribution is 2.14. The van der Waals surface area contributed by atoms with E-state index in [1.807, 2.05) is 25.1 Å². The van der Waals surface area contributed by atoms with E-state index in [2.05, 4.69) is 9.97 Å². The Hall–Kier alpha value is -2.23. The third-order valence-corrected chi connectivity index (χ3v) is 2.31. The van der Waals surface area contributed by atoms with Gasteiger partial charge >= 0.3 is 5.97 Å². The van der Waals surface area contributed by atoms with Gasteiger partial charge in [0.1, 0.15) is 12.1 Å². The van der Waals surface area contributed by atoms with Crippen LogP contribution in [-0.2, 0) is 6.42 Å². The average molecular weight is 228 g/mol. The second-order valence-electron chi connectivity index (χ2n) is 3.49. The summed E-state index contributed by atoms with van der Waals surface area (Å²) in [6.07, 6.45) is 3.73. The second kappa shape index (κ2) is 5.21. The molecule has 0 amide bonds. The summed E-state index contributed by atoms with van der Waals surface area (Å²) in [7, 11) is 0. The Morgan fingerprint density at radius 1 is 1.35 bits per heavy atom. The van der Waals surface area contributed by atoms with E-state index in [4.69, 9.17) is 4.74 Å². The van der Waals surface area contributed by atoms with Crippen LogP contribution < -0.4 is 4.74 Å². The van der Waals surface area contributed by atoms with Crippen LogP contribution in [0, 0.1) is 0 Å². The molecule has 0 fully saturated rings. The molecule has 0 atom stereocenters. The minimum absolute atomic E-state index is 0.252. The third kappa shape index (κ3) is 2.87. The fraction of sp³-hybridized carbons (Fsp3) is 0.154. The Bertz CT molecular complexity index is 512. The molecule has 1 heterocycles. The molecular formula is C13H12N2O2. The van der Waals surface area contributed by atoms with E-state index in [1.54, 1.807) is 6.07 Å². The molecule has 0 aliphatic heterocycles. The molecule has 86 valence electrons. The molecule has 2 rings (SSSR count). The van der Waals surface area contributed by atoms with Crippen molar-refractivity contribution in [2.75, 3.05) is 0 Å². The standard InChI is InChI=1S/C13H12N2O2/c1-2-10-4-3-5-11(8-10)17-13(16)12-6-7-14-9-15-12/h3-9H,2H2,1H3. The van der Waals surface area contributed by atoms with Gasteiger partial charge in [0, 0.05) is 6.20 Å². The number of carbonyl (C=O) groups is 1. The molecule has 17 heavy (non-hydrogen) atoms. The summed E-state index contributed by atoms with van der Waals surface area (Å²) in [6, 6.07) is 8.97. The lowest BCUT2D eigenvalue weighted by Crippen LogP contribution is -2.10. The number of nitrogens with zero attached hydrogens (tertiary/aromatic N) is 2. The van der Waals surface area contributed by atoms with Gasteiger partial charge in [-0.2, -0.15) is 0 Å². The van der Waals surface area contributed by atoms with Gasteiger partial charge in [0.15, 0.2) is 5.69 Å². The lowest BCUT2D eigenvalue weighted by Gasteiger charge is -2.04. The summed E-state index contributed by atoms with van der Waals surface area (Å²) in [6.45, 7) is 2.05. The molecule has 0 saturated carbocycles. The van der Waals surface area contributed by atoms with Crippen molar-refractivity contribution in [3.63, 3.8) is 0 Å². The number of esters is 1. The van der Waals surface area contributed by atoms with Crippen LogP contribution in [-0.4, -0.2) is 15.9 Å². The molecule has 4 heteroatoms. The molecule has 0 unspecified atom stereocenters. The third-order valence-electron chi connectivity index (χ3n) is 2.31. The van der Waals surface area contributed by atoms with Crippen molar-refractivity contribution in [2.45, 2.75) is 13.3 Å². The van der Waals surface area contributed by atoms with Crippen LogP contribution in [0.2, 0.25) is 0 Å². The molecule has 1 aromatic carbocycles. The van der Waals surface area contributed by atoms with Gasteiger partial charge in [0.2, 0.25) is 0 Å². The first-order valence-electron chi connectivity index (χ1n) is 5.36. The van der Waals surface area contributed by atoms with Crippen molar-refractivity contribution in [3.05, 3.63) is 54.1 Å². The lowest BCUT2D eigenvalue weighted by atomic mass is 10.2. The minimum Gasteiger partial charge on any atom is -0.422 e. The van der Waals surface area contributed by atoms with Crippen molar-refractivity contribution in [1.82, 2.24) is 9.97 Å². The molecule has 1 aromatic heterocycles. The van der Waals surface area contributed by atoms with Gasteiger partial charge in [-0.05, 0) is 30.2 Å². The van der Waals surface area contributed by atoms with Crippen molar-refractivity contribution in [1.29, 1.82) is 0 Å². The van der Waals surface area contributed by atoms with Gasteiger partial charge in [-0.3, -0.25) is 0 Å². The first kappa shape index (κ1) is 11.3. The largest absolute Gasteiger partial charge is 0.422 e. The minimum atomic E-state index is -0.472. The average Bonchev–Trinajstić information content (AvgIpc) is 2.40. The molecule has 0 bridgehead atoms. The fourth-order valence-corrected chi connectivity index (χ4v) is 1.40. The van der Waals surface area contributed by atoms with E-state index < -0.39 is 5.97 Å². The Labute approximate surface area is 99.3 Å². The summed E-state index contributed by atoms with van der Waals surface area (Å²) in [5, 5.41) is 0. The van der Waals surface area contributed by atoms with Crippen molar-refractivity contribution in [3.8, 4) is 5.75 Å². The summed E-state index contributed by atoms with van der Waals surface area (Å²) in [4.78, 5) is 19.3. The van der Waals surface area contributed by atoms with Crippen LogP contribution in [0.4, 0.5) is 0 Å². The number of aromatic nitrogens is 2. The van der Waals surface area contributed by atoms with E-state index in [9.17, 15) is 4.79 Å². The molecular weight excluding hydrogens is 216 g/mol. The summed E-state index contributed by atoms with van der Waals surface area (Å²) >= 11 is 0. The summed E-state index contributed by atoms with van der Waals surface area (Å²) in [5.74, 6) is 0.0635. The van der Waals surface area contributed by atoms with Crippen molar-refractivity contribution >= 4 is 5.97 Å². The predicted molar refractivity (Wildman–Crippen MR) is 62.8 cm³/mol. The second-order valence-corrected chi connectivity index (χ2v) is 3.49. The molecule has 0 spiro atoms. The van der Waals surface area contributed by atoms with Crippen molar-refractivity contribution in [2.24, 2.45) is 0 Å². The summed E-state index contributed by atoms with van der Waals surface area (Å²) < 4.78 is 5.21. The topological polar surface area (TPSA) is 52.1 Å². The van der Waals surface area contributed by atoms with Gasteiger partial charge in [0.05, 0.1) is 0 Å². The Morgan fingerprint density at radius 2 is 2.24 bits per heavy atom. The van der Waals surface area contributed by atoms with Gasteiger partial charge in [0.25, 0.3) is 0 Å². The zero-order valence-electron chi connectivity index (χ0n) is 9.46. The van der Waals surface area contributed by atoms with E-state index in [0.717, 1.165) is 12.0 Å². The zero-order chi connectivity index (χ0) is 12.1. The molecule has 0 aliphatic rings. The molecule has 2 aromatic rings. The highest BCUT2D eigenvalue weighted by Gasteiger charge is 2.09. The van der Waals surface area contributed by atoms with Crippen LogP contribution in [0.3, 0.4) is 0 Å². The number of aryl methyl sites for hydroxylation is 1. The first-order chi connectivity index (χ1) is 8.29. The normalized spacial score (nSPS) is 9.94. The maximum atomic E-state index is 11.7. The van der Waals surface area contributed by atoms with E-state index in [1.165, 1.54) is 18.6 Å². The quantitative estimate of drug-likeness (QED) is 0.597. The van der Waals surface area contributed by atoms with Crippen LogP contribution in [0.5, 0.6) is 5.75 Å². The zero-order valence-corrected chi connectivity index (χ0v) is 9.46. The smallest absolute Gasteiger partial charge is 0.362 e. The number of benzene rings is 1. The molecule has 0 N–H and O–H groups in total. The molecule has 0 radical (unpaired) electrons. The fourth-order valence-electron chi connectivity index (χ4n) is 1.40. The number of hydrogen-bond donors (Lipinski definition) is 0. The summed E-state index contributed by atoms with van der Waals surface area (Å²) in [5.41, 5.74) is 1.37. The number of hydrogen-bond acceptors (Lipinski definition) is 4. The molecule has 0 aliphatic carbocycles. The highest BCUT2D eigenvalue weighted by atomic mass is 16.5. The van der Waals surface area contributed by atoms with Crippen LogP contribution in [0.15, 0.2) is 42.9 Å². The van der Waals surface area contributed by atoms with Crippen molar-refractivity contribution < 1.29 is 9.53 Å². The maximum absolute atomic E-state index is 11.7. The van der Waals surface area contributed by atoms with Crippen LogP contribution >= 0.6 is 0 Å². The molecule has 0 saturated heterocycles. The molecule has 4 nitrogen and oxygen atoms in total. The number of rotatable bonds is 3. The van der Waals surface area contributed by atoms with E-state index in [0.29, 0.717) is 5.75 Å². The predicted octanol–water partition coefficient (Wildman–Crippen LogP) is 2.26. The highest BCUT2D eigenvalue weighted by molar-refractivity contribution is 5.88. The van der Waals surface area contributed by atoms with E-state index in [-0.39, 0.29) is 5.69 Å². The van der Waals surface area contributed by atoms with Gasteiger partial charge in [-0.1, -0.05) is 19.1 Å². The number of carbonyl (C=O) groups excluding carboxylic acids is 1. The van der Waals surface area contributed by atoms with Gasteiger partial charge in [-0.25, -0.2) is 14.8 Å². The monoisotopic (exact) mass is 228 g/mol. The van der Waals surface area contributed by atoms with Gasteiger partial charge < -0.3 is 4.74 Å². The Kier molecular flexibility index (Phi) is 3.45. The van der Waals surface area contributed by atoms with E-state index >= 15 is 0 Å². The number of ether oxygens (including phenoxy) is 1. The van der Waals surface area contributed by atoms with Crippen LogP contribution in [0.25, 0.3) is 0 Å². The van der Waals surface area contributed by atoms with Crippen LogP contribution in [0.1, 0.15) is 23.0 Å². The lowest BCUT2D eigenvalue weighted by molar-refractivity contribution is 0.0728. The Morgan fingerprint density at radius 3 is 2.94 bits per heavy atom. The van der Waals surface area contributed by atoms with Gasteiger partial charge in [-0.15, -0.1) is 0 Å².